The number of hydrogen-bond donors (Lipinski definition) is 1. The van der Waals surface area contributed by atoms with Crippen LogP contribution in [0.3, 0.4) is 0 Å². The molecule has 0 atom stereocenters. The fourth-order valence-electron chi connectivity index (χ4n) is 1.46. The molecule has 0 radical (unpaired) electrons. The van der Waals surface area contributed by atoms with Crippen molar-refractivity contribution in [1.29, 1.82) is 0 Å². The number of nitrogens with two attached hydrogens (primary N) is 1. The summed E-state index contributed by atoms with van der Waals surface area (Å²) < 4.78 is 10.8. The first-order valence-electron chi connectivity index (χ1n) is 7.60. The lowest BCUT2D eigenvalue weighted by atomic mass is 10.2. The minimum atomic E-state index is -0.498. The molecule has 5 nitrogen and oxygen atoms in total. The van der Waals surface area contributed by atoms with Crippen molar-refractivity contribution in [3.05, 3.63) is 13.2 Å². The Labute approximate surface area is 135 Å². The highest BCUT2D eigenvalue weighted by Gasteiger charge is 2.21. The van der Waals surface area contributed by atoms with E-state index in [-0.39, 0.29) is 6.09 Å². The first-order valence-corrected chi connectivity index (χ1v) is 7.60. The Morgan fingerprint density at radius 1 is 1.23 bits per heavy atom. The standard InChI is InChI=1S/C15H28N2O3.C2H4/c1-5-6-7-10-17(11-13-19-12-8-9-16)14(18)20-15(2,3)4;1-2/h1H,6-13,16H2,2-4H3;1-2H2. The number of hydrogen-bond acceptors (Lipinski definition) is 4. The molecule has 0 rings (SSSR count). The van der Waals surface area contributed by atoms with Crippen molar-refractivity contribution in [2.75, 3.05) is 32.8 Å². The van der Waals surface area contributed by atoms with Gasteiger partial charge in [-0.3, -0.25) is 0 Å². The molecular weight excluding hydrogens is 280 g/mol. The summed E-state index contributed by atoms with van der Waals surface area (Å²) in [6.45, 7) is 14.3. The molecule has 128 valence electrons. The van der Waals surface area contributed by atoms with Crippen molar-refractivity contribution in [2.45, 2.75) is 45.6 Å². The number of ether oxygens (including phenoxy) is 2. The van der Waals surface area contributed by atoms with Crippen molar-refractivity contribution in [3.63, 3.8) is 0 Å². The average molecular weight is 312 g/mol. The van der Waals surface area contributed by atoms with Crippen molar-refractivity contribution < 1.29 is 14.3 Å². The maximum atomic E-state index is 12.0. The molecule has 0 aromatic carbocycles. The van der Waals surface area contributed by atoms with E-state index in [9.17, 15) is 4.79 Å². The van der Waals surface area contributed by atoms with Crippen molar-refractivity contribution in [1.82, 2.24) is 4.90 Å². The van der Waals surface area contributed by atoms with Gasteiger partial charge >= 0.3 is 6.09 Å². The molecule has 0 saturated heterocycles. The number of terminal acetylenes is 1. The highest BCUT2D eigenvalue weighted by atomic mass is 16.6. The van der Waals surface area contributed by atoms with E-state index in [1.807, 2.05) is 20.8 Å². The molecule has 0 spiro atoms. The maximum Gasteiger partial charge on any atom is 0.410 e. The fraction of sp³-hybridized carbons (Fsp3) is 0.706. The summed E-state index contributed by atoms with van der Waals surface area (Å²) in [5.41, 5.74) is 4.89. The lowest BCUT2D eigenvalue weighted by Gasteiger charge is -2.27. The van der Waals surface area contributed by atoms with Gasteiger partial charge in [-0.05, 0) is 40.2 Å². The Morgan fingerprint density at radius 3 is 2.36 bits per heavy atom. The minimum absolute atomic E-state index is 0.322. The zero-order valence-corrected chi connectivity index (χ0v) is 14.4. The normalized spacial score (nSPS) is 10.1. The van der Waals surface area contributed by atoms with E-state index in [4.69, 9.17) is 21.6 Å². The third-order valence-electron chi connectivity index (χ3n) is 2.40. The van der Waals surface area contributed by atoms with Gasteiger partial charge in [0.2, 0.25) is 0 Å². The van der Waals surface area contributed by atoms with Crippen LogP contribution in [0, 0.1) is 12.3 Å². The van der Waals surface area contributed by atoms with E-state index in [0.29, 0.717) is 39.3 Å². The van der Waals surface area contributed by atoms with Gasteiger partial charge in [0, 0.05) is 26.1 Å². The monoisotopic (exact) mass is 312 g/mol. The summed E-state index contributed by atoms with van der Waals surface area (Å²) in [4.78, 5) is 13.7. The smallest absolute Gasteiger partial charge is 0.410 e. The molecule has 2 N–H and O–H groups in total. The molecule has 5 heteroatoms. The Bertz CT molecular complexity index is 319. The second-order valence-electron chi connectivity index (χ2n) is 5.53. The van der Waals surface area contributed by atoms with Gasteiger partial charge in [-0.15, -0.1) is 25.5 Å². The summed E-state index contributed by atoms with van der Waals surface area (Å²) in [5.74, 6) is 2.57. The topological polar surface area (TPSA) is 64.8 Å². The predicted octanol–water partition coefficient (Wildman–Crippen LogP) is 2.80. The number of unbranched alkanes of at least 4 members (excludes halogenated alkanes) is 1. The highest BCUT2D eigenvalue weighted by Crippen LogP contribution is 2.10. The van der Waals surface area contributed by atoms with Gasteiger partial charge in [-0.2, -0.15) is 0 Å². The van der Waals surface area contributed by atoms with Gasteiger partial charge in [0.15, 0.2) is 0 Å². The van der Waals surface area contributed by atoms with Crippen LogP contribution in [0.4, 0.5) is 4.79 Å². The molecular formula is C17H32N2O3. The van der Waals surface area contributed by atoms with E-state index >= 15 is 0 Å². The van der Waals surface area contributed by atoms with Crippen LogP contribution in [0.5, 0.6) is 0 Å². The van der Waals surface area contributed by atoms with E-state index in [1.165, 1.54) is 0 Å². The summed E-state index contributed by atoms with van der Waals surface area (Å²) in [5, 5.41) is 0. The zero-order chi connectivity index (χ0) is 17.4. The van der Waals surface area contributed by atoms with Crippen LogP contribution in [0.15, 0.2) is 13.2 Å². The third-order valence-corrected chi connectivity index (χ3v) is 2.40. The average Bonchev–Trinajstić information content (AvgIpc) is 2.45. The van der Waals surface area contributed by atoms with Crippen LogP contribution in [0.25, 0.3) is 0 Å². The second kappa shape index (κ2) is 14.4. The van der Waals surface area contributed by atoms with Crippen LogP contribution >= 0.6 is 0 Å². The molecule has 0 unspecified atom stereocenters. The number of nitrogens with zero attached hydrogens (tertiary/aromatic N) is 1. The second-order valence-corrected chi connectivity index (χ2v) is 5.53. The van der Waals surface area contributed by atoms with Gasteiger partial charge in [-0.1, -0.05) is 0 Å². The molecule has 0 fully saturated rings. The largest absolute Gasteiger partial charge is 0.444 e. The molecule has 0 heterocycles. The maximum absolute atomic E-state index is 12.0. The van der Waals surface area contributed by atoms with Gasteiger partial charge in [0.1, 0.15) is 5.60 Å². The summed E-state index contributed by atoms with van der Waals surface area (Å²) in [7, 11) is 0. The quantitative estimate of drug-likeness (QED) is 0.404. The number of carbonyl (C=O) groups excluding carboxylic acids is 1. The molecule has 0 aliphatic carbocycles. The van der Waals surface area contributed by atoms with Gasteiger partial charge in [0.05, 0.1) is 6.61 Å². The Balaban J connectivity index is 0. The third kappa shape index (κ3) is 14.9. The Morgan fingerprint density at radius 2 is 1.86 bits per heavy atom. The van der Waals surface area contributed by atoms with E-state index < -0.39 is 5.60 Å². The molecule has 0 aliphatic rings. The summed E-state index contributed by atoms with van der Waals surface area (Å²) in [6, 6.07) is 0. The van der Waals surface area contributed by atoms with Crippen molar-refractivity contribution in [2.24, 2.45) is 5.73 Å². The molecule has 0 aromatic heterocycles. The Kier molecular flexibility index (Phi) is 14.9. The van der Waals surface area contributed by atoms with E-state index in [1.54, 1.807) is 4.90 Å². The van der Waals surface area contributed by atoms with Crippen LogP contribution in [-0.4, -0.2) is 49.4 Å². The fourth-order valence-corrected chi connectivity index (χ4v) is 1.46. The van der Waals surface area contributed by atoms with Crippen molar-refractivity contribution >= 4 is 6.09 Å². The first kappa shape index (κ1) is 22.8. The van der Waals surface area contributed by atoms with Gasteiger partial charge in [-0.25, -0.2) is 4.79 Å². The van der Waals surface area contributed by atoms with Crippen LogP contribution in [-0.2, 0) is 9.47 Å². The van der Waals surface area contributed by atoms with Gasteiger partial charge < -0.3 is 20.1 Å². The molecule has 1 amide bonds. The SMILES string of the molecule is C#CCCCN(CCOCCCN)C(=O)OC(C)(C)C.C=C. The number of rotatable bonds is 9. The molecule has 0 aliphatic heterocycles. The van der Waals surface area contributed by atoms with Crippen LogP contribution in [0.1, 0.15) is 40.0 Å². The minimum Gasteiger partial charge on any atom is -0.444 e. The molecule has 0 aromatic rings. The zero-order valence-electron chi connectivity index (χ0n) is 14.4. The number of carbonyl (C=O) groups is 1. The summed E-state index contributed by atoms with van der Waals surface area (Å²) >= 11 is 0. The number of amides is 1. The molecule has 0 saturated carbocycles. The van der Waals surface area contributed by atoms with E-state index in [0.717, 1.165) is 12.8 Å². The Hall–Kier alpha value is -1.51. The molecule has 0 bridgehead atoms. The van der Waals surface area contributed by atoms with Crippen LogP contribution in [0.2, 0.25) is 0 Å². The predicted molar refractivity (Wildman–Crippen MR) is 91.6 cm³/mol. The van der Waals surface area contributed by atoms with E-state index in [2.05, 4.69) is 19.1 Å². The lowest BCUT2D eigenvalue weighted by molar-refractivity contribution is 0.0173. The molecule has 22 heavy (non-hydrogen) atoms. The van der Waals surface area contributed by atoms with Gasteiger partial charge in [0.25, 0.3) is 0 Å². The van der Waals surface area contributed by atoms with Crippen molar-refractivity contribution in [3.8, 4) is 12.3 Å². The summed E-state index contributed by atoms with van der Waals surface area (Å²) in [6.07, 6.45) is 7.14. The van der Waals surface area contributed by atoms with Crippen LogP contribution < -0.4 is 5.73 Å². The highest BCUT2D eigenvalue weighted by molar-refractivity contribution is 5.68. The lowest BCUT2D eigenvalue weighted by Crippen LogP contribution is -2.39. The first-order chi connectivity index (χ1) is 10.4.